The van der Waals surface area contributed by atoms with Gasteiger partial charge in [0.25, 0.3) is 0 Å². The Morgan fingerprint density at radius 1 is 1.52 bits per heavy atom. The Balaban J connectivity index is 2.10. The third-order valence-electron chi connectivity index (χ3n) is 4.13. The monoisotopic (exact) mass is 312 g/mol. The Morgan fingerprint density at radius 3 is 2.76 bits per heavy atom. The van der Waals surface area contributed by atoms with E-state index in [9.17, 15) is 18.3 Å². The van der Waals surface area contributed by atoms with Crippen molar-refractivity contribution in [2.45, 2.75) is 43.9 Å². The van der Waals surface area contributed by atoms with Crippen LogP contribution in [-0.2, 0) is 21.2 Å². The van der Waals surface area contributed by atoms with Crippen molar-refractivity contribution in [1.29, 1.82) is 0 Å². The zero-order valence-corrected chi connectivity index (χ0v) is 13.1. The van der Waals surface area contributed by atoms with Crippen LogP contribution < -0.4 is 0 Å². The number of hydrogen-bond acceptors (Lipinski definition) is 4. The van der Waals surface area contributed by atoms with Gasteiger partial charge in [0, 0.05) is 24.6 Å². The summed E-state index contributed by atoms with van der Waals surface area (Å²) in [7, 11) is -3.69. The molecule has 1 aliphatic carbocycles. The van der Waals surface area contributed by atoms with Crippen molar-refractivity contribution < 1.29 is 18.3 Å². The van der Waals surface area contributed by atoms with E-state index in [0.717, 1.165) is 31.1 Å². The fraction of sp³-hybridized carbons (Fsp3) is 0.571. The van der Waals surface area contributed by atoms with Crippen LogP contribution in [0.1, 0.15) is 38.2 Å². The molecule has 0 fully saturated rings. The molecule has 0 amide bonds. The zero-order valence-electron chi connectivity index (χ0n) is 12.2. The molecular weight excluding hydrogens is 292 g/mol. The predicted octanol–water partition coefficient (Wildman–Crippen LogP) is 1.73. The molecule has 0 aliphatic heterocycles. The fourth-order valence-electron chi connectivity index (χ4n) is 2.36. The number of aliphatic carboxylic acids is 1. The molecule has 0 unspecified atom stereocenters. The Morgan fingerprint density at radius 2 is 2.24 bits per heavy atom. The van der Waals surface area contributed by atoms with Crippen molar-refractivity contribution in [3.63, 3.8) is 0 Å². The van der Waals surface area contributed by atoms with Gasteiger partial charge in [-0.05, 0) is 38.2 Å². The highest BCUT2D eigenvalue weighted by atomic mass is 32.2. The van der Waals surface area contributed by atoms with Crippen LogP contribution in [0, 0.1) is 0 Å². The van der Waals surface area contributed by atoms with E-state index in [4.69, 9.17) is 0 Å². The Kier molecular flexibility index (Phi) is 4.22. The normalized spacial score (nSPS) is 18.3. The van der Waals surface area contributed by atoms with Gasteiger partial charge in [0.1, 0.15) is 0 Å². The number of carbonyl (C=O) groups is 1. The van der Waals surface area contributed by atoms with Gasteiger partial charge in [-0.1, -0.05) is 6.08 Å². The predicted molar refractivity (Wildman–Crippen MR) is 79.6 cm³/mol. The summed E-state index contributed by atoms with van der Waals surface area (Å²) >= 11 is 0. The lowest BCUT2D eigenvalue weighted by Crippen LogP contribution is -2.43. The minimum Gasteiger partial charge on any atom is -0.480 e. The second-order valence-electron chi connectivity index (χ2n) is 5.67. The van der Waals surface area contributed by atoms with Gasteiger partial charge in [-0.15, -0.1) is 0 Å². The van der Waals surface area contributed by atoms with Crippen LogP contribution in [0.3, 0.4) is 0 Å². The molecule has 0 aromatic carbocycles. The maximum atomic E-state index is 11.7. The summed E-state index contributed by atoms with van der Waals surface area (Å²) in [6.07, 6.45) is 9.97. The van der Waals surface area contributed by atoms with E-state index in [-0.39, 0.29) is 13.0 Å². The van der Waals surface area contributed by atoms with Gasteiger partial charge < -0.3 is 5.11 Å². The minimum absolute atomic E-state index is 0.0126. The van der Waals surface area contributed by atoms with Crippen molar-refractivity contribution >= 4 is 21.4 Å². The van der Waals surface area contributed by atoms with Gasteiger partial charge in [0.2, 0.25) is 0 Å². The molecule has 1 heterocycles. The smallest absolute Gasteiger partial charge is 0.324 e. The third-order valence-corrected chi connectivity index (χ3v) is 6.15. The van der Waals surface area contributed by atoms with Crippen molar-refractivity contribution in [2.24, 2.45) is 0 Å². The van der Waals surface area contributed by atoms with Crippen LogP contribution in [0.5, 0.6) is 0 Å². The van der Waals surface area contributed by atoms with E-state index in [1.165, 1.54) is 12.5 Å². The Bertz CT molecular complexity index is 675. The fourth-order valence-corrected chi connectivity index (χ4v) is 3.14. The number of rotatable bonds is 6. The van der Waals surface area contributed by atoms with E-state index in [1.54, 1.807) is 10.9 Å². The van der Waals surface area contributed by atoms with E-state index in [2.05, 4.69) is 11.2 Å². The molecule has 0 bridgehead atoms. The topological polar surface area (TPSA) is 89.3 Å². The number of allylic oxidation sites excluding steroid dienone is 2. The second-order valence-corrected chi connectivity index (χ2v) is 8.12. The number of nitrogens with zero attached hydrogens (tertiary/aromatic N) is 2. The summed E-state index contributed by atoms with van der Waals surface area (Å²) in [5, 5.41) is 13.4. The first-order valence-corrected chi connectivity index (χ1v) is 8.78. The van der Waals surface area contributed by atoms with Gasteiger partial charge in [0.05, 0.1) is 6.20 Å². The molecule has 1 N–H and O–H groups in total. The summed E-state index contributed by atoms with van der Waals surface area (Å²) in [5.74, 6) is -1.32. The van der Waals surface area contributed by atoms with Crippen LogP contribution in [0.25, 0.3) is 5.57 Å². The number of aryl methyl sites for hydroxylation is 1. The molecule has 2 rings (SSSR count). The standard InChI is InChI=1S/C14H20N2O4S/c1-14(13(17)18,21(2,19)20)7-8-16-10-12(9-15-16)11-5-3-4-6-11/h5,9-10H,3-4,6-8H2,1-2H3,(H,17,18)/t14-/m1/s1. The Labute approximate surface area is 124 Å². The molecular formula is C14H20N2O4S. The van der Waals surface area contributed by atoms with E-state index in [1.807, 2.05) is 6.20 Å². The summed E-state index contributed by atoms with van der Waals surface area (Å²) in [6.45, 7) is 1.50. The van der Waals surface area contributed by atoms with E-state index >= 15 is 0 Å². The van der Waals surface area contributed by atoms with Crippen LogP contribution in [-0.4, -0.2) is 40.3 Å². The summed E-state index contributed by atoms with van der Waals surface area (Å²) in [5.41, 5.74) is 2.29. The molecule has 1 aromatic heterocycles. The molecule has 21 heavy (non-hydrogen) atoms. The highest BCUT2D eigenvalue weighted by Gasteiger charge is 2.43. The number of carboxylic acid groups (broad SMARTS) is 1. The molecule has 7 heteroatoms. The number of hydrogen-bond donors (Lipinski definition) is 1. The molecule has 0 saturated carbocycles. The maximum Gasteiger partial charge on any atom is 0.324 e. The molecule has 116 valence electrons. The first kappa shape index (κ1) is 15.8. The SMILES string of the molecule is C[C@@](CCn1cc(C2=CCCC2)cn1)(C(=O)O)S(C)(=O)=O. The van der Waals surface area contributed by atoms with Gasteiger partial charge in [-0.2, -0.15) is 5.10 Å². The van der Waals surface area contributed by atoms with Gasteiger partial charge >= 0.3 is 5.97 Å². The van der Waals surface area contributed by atoms with Crippen LogP contribution >= 0.6 is 0 Å². The van der Waals surface area contributed by atoms with Crippen molar-refractivity contribution in [3.05, 3.63) is 24.0 Å². The van der Waals surface area contributed by atoms with Gasteiger partial charge in [-0.3, -0.25) is 9.48 Å². The van der Waals surface area contributed by atoms with Gasteiger partial charge in [0.15, 0.2) is 14.6 Å². The largest absolute Gasteiger partial charge is 0.480 e. The number of carboxylic acids is 1. The van der Waals surface area contributed by atoms with Crippen molar-refractivity contribution in [3.8, 4) is 0 Å². The van der Waals surface area contributed by atoms with Gasteiger partial charge in [-0.25, -0.2) is 8.42 Å². The molecule has 1 aromatic rings. The highest BCUT2D eigenvalue weighted by molar-refractivity contribution is 7.92. The maximum absolute atomic E-state index is 11.7. The third kappa shape index (κ3) is 3.18. The van der Waals surface area contributed by atoms with E-state index in [0.29, 0.717) is 0 Å². The quantitative estimate of drug-likeness (QED) is 0.864. The first-order chi connectivity index (χ1) is 9.74. The van der Waals surface area contributed by atoms with Crippen LogP contribution in [0.15, 0.2) is 18.5 Å². The van der Waals surface area contributed by atoms with E-state index < -0.39 is 20.6 Å². The average Bonchev–Trinajstić information content (AvgIpc) is 3.04. The molecule has 1 aliphatic rings. The highest BCUT2D eigenvalue weighted by Crippen LogP contribution is 2.27. The molecule has 0 radical (unpaired) electrons. The van der Waals surface area contributed by atoms with Crippen LogP contribution in [0.4, 0.5) is 0 Å². The zero-order chi connectivity index (χ0) is 15.7. The number of aromatic nitrogens is 2. The summed E-state index contributed by atoms with van der Waals surface area (Å²) in [4.78, 5) is 11.3. The molecule has 0 saturated heterocycles. The van der Waals surface area contributed by atoms with Crippen molar-refractivity contribution in [1.82, 2.24) is 9.78 Å². The average molecular weight is 312 g/mol. The Hall–Kier alpha value is -1.63. The minimum atomic E-state index is -3.69. The second kappa shape index (κ2) is 5.63. The molecule has 6 nitrogen and oxygen atoms in total. The lowest BCUT2D eigenvalue weighted by atomic mass is 10.1. The first-order valence-electron chi connectivity index (χ1n) is 6.89. The lowest BCUT2D eigenvalue weighted by molar-refractivity contribution is -0.139. The van der Waals surface area contributed by atoms with Crippen LogP contribution in [0.2, 0.25) is 0 Å². The summed E-state index contributed by atoms with van der Waals surface area (Å²) in [6, 6.07) is 0. The summed E-state index contributed by atoms with van der Waals surface area (Å²) < 4.78 is 23.2. The molecule has 0 spiro atoms. The van der Waals surface area contributed by atoms with Crippen molar-refractivity contribution in [2.75, 3.05) is 6.26 Å². The lowest BCUT2D eigenvalue weighted by Gasteiger charge is -2.22. The number of sulfone groups is 1. The molecule has 1 atom stereocenters.